The molecule has 0 atom stereocenters. The maximum absolute atomic E-state index is 10.7. The van der Waals surface area contributed by atoms with Gasteiger partial charge in [0.1, 0.15) is 34.5 Å². The van der Waals surface area contributed by atoms with Crippen LogP contribution in [-0.4, -0.2) is 30.6 Å². The molecule has 6 N–H and O–H groups in total. The summed E-state index contributed by atoms with van der Waals surface area (Å²) in [5.41, 5.74) is 10.4. The lowest BCUT2D eigenvalue weighted by Gasteiger charge is -2.42. The van der Waals surface area contributed by atoms with Crippen molar-refractivity contribution in [2.45, 2.75) is 38.5 Å². The van der Waals surface area contributed by atoms with Gasteiger partial charge < -0.3 is 30.6 Å². The van der Waals surface area contributed by atoms with Gasteiger partial charge in [0.15, 0.2) is 0 Å². The van der Waals surface area contributed by atoms with Gasteiger partial charge in [-0.2, -0.15) is 0 Å². The van der Waals surface area contributed by atoms with E-state index in [-0.39, 0.29) is 34.5 Å². The minimum Gasteiger partial charge on any atom is -0.508 e. The van der Waals surface area contributed by atoms with Crippen LogP contribution in [0.15, 0.2) is 146 Å². The topological polar surface area (TPSA) is 121 Å². The second-order valence-corrected chi connectivity index (χ2v) is 13.6. The third kappa shape index (κ3) is 6.59. The monoisotopic (exact) mass is 714 g/mol. The van der Waals surface area contributed by atoms with Crippen molar-refractivity contribution in [1.82, 2.24) is 0 Å². The van der Waals surface area contributed by atoms with E-state index in [0.29, 0.717) is 19.3 Å². The Morgan fingerprint density at radius 3 is 0.944 bits per heavy atom. The van der Waals surface area contributed by atoms with Crippen LogP contribution in [0.4, 0.5) is 0 Å². The number of hydrogen-bond acceptors (Lipinski definition) is 6. The molecule has 0 unspecified atom stereocenters. The van der Waals surface area contributed by atoms with Gasteiger partial charge in [0.05, 0.1) is 5.41 Å². The Kier molecular flexibility index (Phi) is 9.77. The second-order valence-electron chi connectivity index (χ2n) is 13.6. The summed E-state index contributed by atoms with van der Waals surface area (Å²) in [5, 5.41) is 63.2. The van der Waals surface area contributed by atoms with Crippen molar-refractivity contribution < 1.29 is 30.6 Å². The summed E-state index contributed by atoms with van der Waals surface area (Å²) in [4.78, 5) is 0. The Bertz CT molecular complexity index is 2260. The first-order valence-corrected chi connectivity index (χ1v) is 18.1. The molecule has 0 amide bonds. The predicted octanol–water partition coefficient (Wildman–Crippen LogP) is 10.6. The van der Waals surface area contributed by atoms with Gasteiger partial charge in [-0.15, -0.1) is 0 Å². The van der Waals surface area contributed by atoms with Crippen molar-refractivity contribution >= 4 is 0 Å². The van der Waals surface area contributed by atoms with Crippen molar-refractivity contribution in [3.05, 3.63) is 179 Å². The molecule has 6 heteroatoms. The van der Waals surface area contributed by atoms with Gasteiger partial charge in [-0.3, -0.25) is 0 Å². The van der Waals surface area contributed by atoms with E-state index in [4.69, 9.17) is 0 Å². The number of phenols is 6. The van der Waals surface area contributed by atoms with Crippen molar-refractivity contribution in [2.75, 3.05) is 0 Å². The molecular formula is C48H42O6. The first kappa shape index (κ1) is 35.7. The highest BCUT2D eigenvalue weighted by molar-refractivity contribution is 5.94. The molecule has 6 nitrogen and oxygen atoms in total. The molecule has 0 heterocycles. The Hall–Kier alpha value is -6.66. The lowest BCUT2D eigenvalue weighted by atomic mass is 9.60. The summed E-state index contributed by atoms with van der Waals surface area (Å²) in [6.45, 7) is 4.27. The summed E-state index contributed by atoms with van der Waals surface area (Å²) in [6.07, 6.45) is 1.66. The zero-order valence-corrected chi connectivity index (χ0v) is 30.2. The maximum Gasteiger partial charge on any atom is 0.115 e. The number of rotatable bonds is 10. The van der Waals surface area contributed by atoms with Crippen molar-refractivity contribution in [3.63, 3.8) is 0 Å². The maximum atomic E-state index is 10.7. The normalized spacial score (nSPS) is 11.4. The number of hydrogen-bond donors (Lipinski definition) is 6. The van der Waals surface area contributed by atoms with Crippen molar-refractivity contribution in [1.29, 1.82) is 0 Å². The molecule has 0 saturated carbocycles. The van der Waals surface area contributed by atoms with E-state index in [0.717, 1.165) is 66.8 Å². The van der Waals surface area contributed by atoms with Crippen LogP contribution in [0.1, 0.15) is 47.2 Å². The predicted molar refractivity (Wildman–Crippen MR) is 214 cm³/mol. The van der Waals surface area contributed by atoms with Crippen molar-refractivity contribution in [3.8, 4) is 67.9 Å². The highest BCUT2D eigenvalue weighted by atomic mass is 16.3. The third-order valence-corrected chi connectivity index (χ3v) is 10.4. The Morgan fingerprint density at radius 2 is 0.630 bits per heavy atom. The van der Waals surface area contributed by atoms with E-state index in [1.165, 1.54) is 0 Å². The average molecular weight is 715 g/mol. The van der Waals surface area contributed by atoms with Crippen LogP contribution in [0.5, 0.6) is 34.5 Å². The first-order chi connectivity index (χ1) is 26.1. The van der Waals surface area contributed by atoms with Gasteiger partial charge in [0, 0.05) is 0 Å². The molecule has 0 fully saturated rings. The average Bonchev–Trinajstić information content (AvgIpc) is 3.18. The van der Waals surface area contributed by atoms with Gasteiger partial charge >= 0.3 is 0 Å². The minimum absolute atomic E-state index is 0.117. The van der Waals surface area contributed by atoms with Gasteiger partial charge in [-0.1, -0.05) is 86.6 Å². The summed E-state index contributed by atoms with van der Waals surface area (Å²) < 4.78 is 0. The summed E-state index contributed by atoms with van der Waals surface area (Å²) >= 11 is 0. The fraction of sp³-hybridized carbons (Fsp3) is 0.125. The van der Waals surface area contributed by atoms with Gasteiger partial charge in [-0.25, -0.2) is 0 Å². The second kappa shape index (κ2) is 14.8. The highest BCUT2D eigenvalue weighted by Crippen LogP contribution is 2.55. The molecule has 0 radical (unpaired) electrons. The van der Waals surface area contributed by atoms with E-state index in [1.807, 2.05) is 72.8 Å². The lowest BCUT2D eigenvalue weighted by Crippen LogP contribution is -2.34. The molecule has 0 aromatic heterocycles. The largest absolute Gasteiger partial charge is 0.508 e. The minimum atomic E-state index is -1.01. The van der Waals surface area contributed by atoms with Crippen LogP contribution in [0, 0.1) is 0 Å². The molecule has 0 aliphatic carbocycles. The molecule has 0 aliphatic rings. The van der Waals surface area contributed by atoms with E-state index < -0.39 is 5.41 Å². The highest BCUT2D eigenvalue weighted by Gasteiger charge is 2.43. The Balaban J connectivity index is 1.80. The van der Waals surface area contributed by atoms with Crippen LogP contribution >= 0.6 is 0 Å². The fourth-order valence-electron chi connectivity index (χ4n) is 8.02. The van der Waals surface area contributed by atoms with E-state index in [1.54, 1.807) is 72.8 Å². The number of phenolic OH excluding ortho intramolecular Hbond substituents is 6. The molecule has 270 valence electrons. The van der Waals surface area contributed by atoms with Gasteiger partial charge in [-0.05, 0) is 159 Å². The Labute approximate surface area is 315 Å². The third-order valence-electron chi connectivity index (χ3n) is 10.4. The summed E-state index contributed by atoms with van der Waals surface area (Å²) in [6, 6.07) is 43.5. The molecule has 0 aliphatic heterocycles. The first-order valence-electron chi connectivity index (χ1n) is 18.1. The summed E-state index contributed by atoms with van der Waals surface area (Å²) in [7, 11) is 0. The van der Waals surface area contributed by atoms with Gasteiger partial charge in [0.25, 0.3) is 0 Å². The molecule has 0 spiro atoms. The smallest absolute Gasteiger partial charge is 0.115 e. The van der Waals surface area contributed by atoms with E-state index in [2.05, 4.69) is 13.8 Å². The molecule has 7 aromatic rings. The molecule has 0 bridgehead atoms. The van der Waals surface area contributed by atoms with Crippen LogP contribution in [-0.2, 0) is 24.7 Å². The van der Waals surface area contributed by atoms with Crippen LogP contribution in [0.25, 0.3) is 33.4 Å². The SMILES string of the molecule is CCc1c(-c2ccc(O)cc2)c(CC)c(-c2ccc(O)cc2)c(C(Cc2ccc(O)cc2)(c2ccc(O)cc2)c2ccc(O)cc2)c1-c1ccc(O)cc1. The van der Waals surface area contributed by atoms with E-state index in [9.17, 15) is 30.6 Å². The molecule has 54 heavy (non-hydrogen) atoms. The van der Waals surface area contributed by atoms with Crippen LogP contribution in [0.3, 0.4) is 0 Å². The lowest BCUT2D eigenvalue weighted by molar-refractivity contribution is 0.472. The molecule has 7 aromatic carbocycles. The van der Waals surface area contributed by atoms with E-state index >= 15 is 0 Å². The van der Waals surface area contributed by atoms with Crippen molar-refractivity contribution in [2.24, 2.45) is 0 Å². The fourth-order valence-corrected chi connectivity index (χ4v) is 8.02. The summed E-state index contributed by atoms with van der Waals surface area (Å²) in [5.74, 6) is 0.810. The quantitative estimate of drug-likeness (QED) is 0.0785. The zero-order chi connectivity index (χ0) is 38.0. The van der Waals surface area contributed by atoms with Crippen LogP contribution in [0.2, 0.25) is 0 Å². The zero-order valence-electron chi connectivity index (χ0n) is 30.2. The number of aromatic hydroxyl groups is 6. The van der Waals surface area contributed by atoms with Crippen LogP contribution < -0.4 is 0 Å². The molecule has 0 saturated heterocycles. The standard InChI is InChI=1S/C48H42O6/c1-3-42-44(31-7-19-37(50)20-8-31)43(4-2)46(33-11-23-39(52)24-12-33)47(45(42)32-9-21-38(51)22-10-32)48(34-13-25-40(53)26-14-34,35-15-27-41(54)28-16-35)29-30-5-17-36(49)18-6-30/h5-28,49-54H,3-4,29H2,1-2H3. The molecule has 7 rings (SSSR count). The van der Waals surface area contributed by atoms with Gasteiger partial charge in [0.2, 0.25) is 0 Å². The Morgan fingerprint density at radius 1 is 0.352 bits per heavy atom. The number of benzene rings is 7. The molecular weight excluding hydrogens is 673 g/mol.